The molecule has 1 aliphatic rings. The van der Waals surface area contributed by atoms with Gasteiger partial charge in [0.25, 0.3) is 0 Å². The van der Waals surface area contributed by atoms with Crippen molar-refractivity contribution in [1.82, 2.24) is 4.90 Å². The van der Waals surface area contributed by atoms with Crippen molar-refractivity contribution in [3.63, 3.8) is 0 Å². The number of methoxy groups -OCH3 is 1. The summed E-state index contributed by atoms with van der Waals surface area (Å²) in [6, 6.07) is 0. The van der Waals surface area contributed by atoms with Crippen molar-refractivity contribution >= 4 is 6.09 Å². The summed E-state index contributed by atoms with van der Waals surface area (Å²) in [6.45, 7) is 5.58. The zero-order chi connectivity index (χ0) is 12.9. The third-order valence-electron chi connectivity index (χ3n) is 3.86. The van der Waals surface area contributed by atoms with Crippen molar-refractivity contribution in [2.24, 2.45) is 11.7 Å². The summed E-state index contributed by atoms with van der Waals surface area (Å²) >= 11 is 0. The number of hydrogen-bond acceptors (Lipinski definition) is 3. The Morgan fingerprint density at radius 3 is 2.76 bits per heavy atom. The predicted octanol–water partition coefficient (Wildman–Crippen LogP) is 2.37. The first-order chi connectivity index (χ1) is 8.09. The Morgan fingerprint density at radius 2 is 2.29 bits per heavy atom. The Morgan fingerprint density at radius 1 is 1.59 bits per heavy atom. The molecule has 1 rings (SSSR count). The van der Waals surface area contributed by atoms with E-state index in [2.05, 4.69) is 13.8 Å². The van der Waals surface area contributed by atoms with E-state index in [4.69, 9.17) is 10.5 Å². The maximum absolute atomic E-state index is 11.9. The zero-order valence-electron chi connectivity index (χ0n) is 11.4. The number of nitrogens with two attached hydrogens (primary N) is 1. The fourth-order valence-electron chi connectivity index (χ4n) is 3.03. The number of amides is 1. The molecule has 2 N–H and O–H groups in total. The number of carbonyl (C=O) groups excluding carboxylic acids is 1. The summed E-state index contributed by atoms with van der Waals surface area (Å²) < 4.78 is 4.91. The minimum atomic E-state index is -0.230. The highest BCUT2D eigenvalue weighted by Gasteiger charge is 2.41. The Bertz CT molecular complexity index is 258. The van der Waals surface area contributed by atoms with Gasteiger partial charge in [-0.2, -0.15) is 0 Å². The van der Waals surface area contributed by atoms with Crippen molar-refractivity contribution in [2.75, 3.05) is 20.2 Å². The monoisotopic (exact) mass is 242 g/mol. The number of hydrogen-bond donors (Lipinski definition) is 1. The van der Waals surface area contributed by atoms with Crippen molar-refractivity contribution in [3.05, 3.63) is 0 Å². The average Bonchev–Trinajstić information content (AvgIpc) is 2.34. The normalized spacial score (nSPS) is 28.8. The largest absolute Gasteiger partial charge is 0.453 e. The molecule has 0 radical (unpaired) electrons. The summed E-state index contributed by atoms with van der Waals surface area (Å²) in [5.41, 5.74) is 5.79. The maximum atomic E-state index is 11.9. The van der Waals surface area contributed by atoms with Crippen LogP contribution in [0.3, 0.4) is 0 Å². The molecule has 0 spiro atoms. The molecule has 2 unspecified atom stereocenters. The molecule has 0 bridgehead atoms. The van der Waals surface area contributed by atoms with Gasteiger partial charge in [0.15, 0.2) is 0 Å². The van der Waals surface area contributed by atoms with Crippen LogP contribution >= 0.6 is 0 Å². The lowest BCUT2D eigenvalue weighted by Crippen LogP contribution is -2.58. The average molecular weight is 242 g/mol. The molecule has 4 heteroatoms. The lowest BCUT2D eigenvalue weighted by atomic mass is 9.75. The van der Waals surface area contributed by atoms with Crippen LogP contribution < -0.4 is 5.73 Å². The summed E-state index contributed by atoms with van der Waals surface area (Å²) in [5.74, 6) is 0.635. The molecular formula is C13H26N2O2. The summed E-state index contributed by atoms with van der Waals surface area (Å²) in [5, 5.41) is 0. The third kappa shape index (κ3) is 3.12. The SMILES string of the molecule is CCCN(C(=O)OC)C1(CN)CCCC(C)C1. The Kier molecular flexibility index (Phi) is 5.25. The van der Waals surface area contributed by atoms with E-state index in [0.717, 1.165) is 32.2 Å². The van der Waals surface area contributed by atoms with E-state index in [1.807, 2.05) is 4.90 Å². The highest BCUT2D eigenvalue weighted by Crippen LogP contribution is 2.36. The van der Waals surface area contributed by atoms with Crippen LogP contribution in [0.15, 0.2) is 0 Å². The van der Waals surface area contributed by atoms with Gasteiger partial charge in [-0.05, 0) is 25.2 Å². The fourth-order valence-corrected chi connectivity index (χ4v) is 3.03. The molecule has 0 aliphatic heterocycles. The van der Waals surface area contributed by atoms with Crippen LogP contribution in [0, 0.1) is 5.92 Å². The minimum absolute atomic E-state index is 0.180. The second-order valence-electron chi connectivity index (χ2n) is 5.25. The van der Waals surface area contributed by atoms with Crippen molar-refractivity contribution in [1.29, 1.82) is 0 Å². The van der Waals surface area contributed by atoms with Crippen LogP contribution in [0.25, 0.3) is 0 Å². The maximum Gasteiger partial charge on any atom is 0.409 e. The van der Waals surface area contributed by atoms with Crippen LogP contribution in [0.5, 0.6) is 0 Å². The molecule has 0 aromatic heterocycles. The molecule has 1 saturated carbocycles. The van der Waals surface area contributed by atoms with Gasteiger partial charge in [0.05, 0.1) is 12.6 Å². The van der Waals surface area contributed by atoms with E-state index in [1.54, 1.807) is 0 Å². The Labute approximate surface area is 104 Å². The molecule has 1 fully saturated rings. The summed E-state index contributed by atoms with van der Waals surface area (Å²) in [6.07, 6.45) is 5.09. The van der Waals surface area contributed by atoms with E-state index in [-0.39, 0.29) is 11.6 Å². The lowest BCUT2D eigenvalue weighted by molar-refractivity contribution is 0.0322. The van der Waals surface area contributed by atoms with Gasteiger partial charge in [-0.25, -0.2) is 4.79 Å². The van der Waals surface area contributed by atoms with Crippen LogP contribution in [0.1, 0.15) is 46.0 Å². The standard InChI is InChI=1S/C13H26N2O2/c1-4-8-15(12(16)17-3)13(10-14)7-5-6-11(2)9-13/h11H,4-10,14H2,1-3H3. The second kappa shape index (κ2) is 6.24. The quantitative estimate of drug-likeness (QED) is 0.823. The van der Waals surface area contributed by atoms with Crippen LogP contribution in [0.4, 0.5) is 4.79 Å². The Hall–Kier alpha value is -0.770. The molecule has 1 aliphatic carbocycles. The van der Waals surface area contributed by atoms with Gasteiger partial charge < -0.3 is 15.4 Å². The van der Waals surface area contributed by atoms with Crippen LogP contribution in [0.2, 0.25) is 0 Å². The molecule has 0 heterocycles. The number of nitrogens with zero attached hydrogens (tertiary/aromatic N) is 1. The molecule has 17 heavy (non-hydrogen) atoms. The first-order valence-corrected chi connectivity index (χ1v) is 6.65. The first-order valence-electron chi connectivity index (χ1n) is 6.65. The van der Waals surface area contributed by atoms with Crippen molar-refractivity contribution < 1.29 is 9.53 Å². The highest BCUT2D eigenvalue weighted by atomic mass is 16.5. The smallest absolute Gasteiger partial charge is 0.409 e. The lowest BCUT2D eigenvalue weighted by Gasteiger charge is -2.46. The first kappa shape index (κ1) is 14.3. The second-order valence-corrected chi connectivity index (χ2v) is 5.25. The fraction of sp³-hybridized carbons (Fsp3) is 0.923. The van der Waals surface area contributed by atoms with E-state index in [9.17, 15) is 4.79 Å². The van der Waals surface area contributed by atoms with Gasteiger partial charge in [0.2, 0.25) is 0 Å². The molecule has 4 nitrogen and oxygen atoms in total. The molecular weight excluding hydrogens is 216 g/mol. The predicted molar refractivity (Wildman–Crippen MR) is 68.8 cm³/mol. The van der Waals surface area contributed by atoms with Crippen molar-refractivity contribution in [3.8, 4) is 0 Å². The minimum Gasteiger partial charge on any atom is -0.453 e. The molecule has 0 aromatic rings. The highest BCUT2D eigenvalue weighted by molar-refractivity contribution is 5.68. The van der Waals surface area contributed by atoms with Gasteiger partial charge in [-0.3, -0.25) is 0 Å². The van der Waals surface area contributed by atoms with Crippen LogP contribution in [-0.2, 0) is 4.74 Å². The zero-order valence-corrected chi connectivity index (χ0v) is 11.4. The van der Waals surface area contributed by atoms with E-state index >= 15 is 0 Å². The molecule has 1 amide bonds. The van der Waals surface area contributed by atoms with Gasteiger partial charge >= 0.3 is 6.09 Å². The number of rotatable bonds is 4. The molecule has 2 atom stereocenters. The van der Waals surface area contributed by atoms with Gasteiger partial charge in [0, 0.05) is 13.1 Å². The third-order valence-corrected chi connectivity index (χ3v) is 3.86. The van der Waals surface area contributed by atoms with Gasteiger partial charge in [-0.15, -0.1) is 0 Å². The van der Waals surface area contributed by atoms with Crippen LogP contribution in [-0.4, -0.2) is 36.7 Å². The van der Waals surface area contributed by atoms with E-state index < -0.39 is 0 Å². The number of ether oxygens (including phenoxy) is 1. The summed E-state index contributed by atoms with van der Waals surface area (Å²) in [7, 11) is 1.45. The van der Waals surface area contributed by atoms with E-state index in [1.165, 1.54) is 13.5 Å². The van der Waals surface area contributed by atoms with Gasteiger partial charge in [-0.1, -0.05) is 26.7 Å². The number of carbonyl (C=O) groups is 1. The van der Waals surface area contributed by atoms with E-state index in [0.29, 0.717) is 12.5 Å². The molecule has 0 saturated heterocycles. The summed E-state index contributed by atoms with van der Waals surface area (Å²) in [4.78, 5) is 13.8. The topological polar surface area (TPSA) is 55.6 Å². The molecule has 0 aromatic carbocycles. The Balaban J connectivity index is 2.89. The van der Waals surface area contributed by atoms with Crippen molar-refractivity contribution in [2.45, 2.75) is 51.5 Å². The molecule has 100 valence electrons. The van der Waals surface area contributed by atoms with Gasteiger partial charge in [0.1, 0.15) is 0 Å².